The first-order valence-electron chi connectivity index (χ1n) is 4.75. The fraction of sp³-hybridized carbons (Fsp3) is 0.455. The molecule has 1 rings (SSSR count). The summed E-state index contributed by atoms with van der Waals surface area (Å²) in [5.74, 6) is 0. The average Bonchev–Trinajstić information content (AvgIpc) is 2.16. The molecule has 0 aliphatic rings. The van der Waals surface area contributed by atoms with E-state index in [1.54, 1.807) is 0 Å². The summed E-state index contributed by atoms with van der Waals surface area (Å²) < 4.78 is 0. The molecule has 13 heavy (non-hydrogen) atoms. The number of nitrogens with two attached hydrogens (primary N) is 1. The normalized spacial score (nSPS) is 12.8. The molecule has 0 radical (unpaired) electrons. The molecule has 1 atom stereocenters. The second kappa shape index (κ2) is 5.73. The van der Waals surface area contributed by atoms with Gasteiger partial charge < -0.3 is 10.8 Å². The fourth-order valence-corrected chi connectivity index (χ4v) is 1.34. The highest BCUT2D eigenvalue weighted by Crippen LogP contribution is 2.06. The van der Waals surface area contributed by atoms with Gasteiger partial charge in [0.25, 0.3) is 0 Å². The molecule has 72 valence electrons. The lowest BCUT2D eigenvalue weighted by atomic mass is 10.0. The van der Waals surface area contributed by atoms with Crippen LogP contribution in [0, 0.1) is 0 Å². The van der Waals surface area contributed by atoms with Crippen molar-refractivity contribution < 1.29 is 5.11 Å². The zero-order valence-corrected chi connectivity index (χ0v) is 7.82. The SMILES string of the molecule is NCCCC(O)Cc1ccccc1. The van der Waals surface area contributed by atoms with Crippen molar-refractivity contribution >= 4 is 0 Å². The van der Waals surface area contributed by atoms with E-state index in [1.807, 2.05) is 30.3 Å². The smallest absolute Gasteiger partial charge is 0.0581 e. The lowest BCUT2D eigenvalue weighted by molar-refractivity contribution is 0.163. The molecule has 1 aromatic carbocycles. The van der Waals surface area contributed by atoms with Crippen LogP contribution >= 0.6 is 0 Å². The summed E-state index contributed by atoms with van der Waals surface area (Å²) in [4.78, 5) is 0. The van der Waals surface area contributed by atoms with Gasteiger partial charge in [-0.3, -0.25) is 0 Å². The maximum atomic E-state index is 9.58. The number of aliphatic hydroxyl groups excluding tert-OH is 1. The van der Waals surface area contributed by atoms with E-state index in [0.717, 1.165) is 19.3 Å². The van der Waals surface area contributed by atoms with E-state index in [9.17, 15) is 5.11 Å². The number of hydrogen-bond acceptors (Lipinski definition) is 2. The van der Waals surface area contributed by atoms with E-state index in [4.69, 9.17) is 5.73 Å². The highest BCUT2D eigenvalue weighted by Gasteiger charge is 2.03. The standard InChI is InChI=1S/C11H17NO/c12-8-4-7-11(13)9-10-5-2-1-3-6-10/h1-3,5-6,11,13H,4,7-9,12H2. The summed E-state index contributed by atoms with van der Waals surface area (Å²) in [5.41, 5.74) is 6.55. The van der Waals surface area contributed by atoms with Crippen LogP contribution in [0.4, 0.5) is 0 Å². The van der Waals surface area contributed by atoms with Gasteiger partial charge >= 0.3 is 0 Å². The molecule has 2 heteroatoms. The Bertz CT molecular complexity index is 223. The molecule has 0 saturated carbocycles. The van der Waals surface area contributed by atoms with Crippen LogP contribution in [0.25, 0.3) is 0 Å². The van der Waals surface area contributed by atoms with Gasteiger partial charge in [-0.05, 0) is 31.4 Å². The lowest BCUT2D eigenvalue weighted by Gasteiger charge is -2.09. The van der Waals surface area contributed by atoms with Crippen molar-refractivity contribution in [1.29, 1.82) is 0 Å². The number of benzene rings is 1. The molecule has 1 unspecified atom stereocenters. The maximum Gasteiger partial charge on any atom is 0.0581 e. The van der Waals surface area contributed by atoms with E-state index in [2.05, 4.69) is 0 Å². The molecule has 0 aliphatic heterocycles. The lowest BCUT2D eigenvalue weighted by Crippen LogP contribution is -2.12. The van der Waals surface area contributed by atoms with Crippen molar-refractivity contribution in [2.24, 2.45) is 5.73 Å². The van der Waals surface area contributed by atoms with Gasteiger partial charge in [0.05, 0.1) is 6.10 Å². The second-order valence-electron chi connectivity index (χ2n) is 3.27. The van der Waals surface area contributed by atoms with Crippen LogP contribution in [0.1, 0.15) is 18.4 Å². The predicted molar refractivity (Wildman–Crippen MR) is 54.4 cm³/mol. The number of hydrogen-bond donors (Lipinski definition) is 2. The Morgan fingerprint density at radius 2 is 1.92 bits per heavy atom. The van der Waals surface area contributed by atoms with Crippen LogP contribution < -0.4 is 5.73 Å². The van der Waals surface area contributed by atoms with Crippen LogP contribution in [0.5, 0.6) is 0 Å². The van der Waals surface area contributed by atoms with Gasteiger partial charge in [0.15, 0.2) is 0 Å². The Morgan fingerprint density at radius 1 is 1.23 bits per heavy atom. The van der Waals surface area contributed by atoms with Crippen molar-refractivity contribution in [1.82, 2.24) is 0 Å². The first-order valence-corrected chi connectivity index (χ1v) is 4.75. The van der Waals surface area contributed by atoms with E-state index >= 15 is 0 Å². The first-order chi connectivity index (χ1) is 6.33. The molecule has 2 nitrogen and oxygen atoms in total. The summed E-state index contributed by atoms with van der Waals surface area (Å²) in [6.45, 7) is 0.659. The Morgan fingerprint density at radius 3 is 2.54 bits per heavy atom. The topological polar surface area (TPSA) is 46.2 Å². The Kier molecular flexibility index (Phi) is 4.50. The summed E-state index contributed by atoms with van der Waals surface area (Å²) >= 11 is 0. The molecule has 0 fully saturated rings. The molecule has 0 spiro atoms. The monoisotopic (exact) mass is 179 g/mol. The van der Waals surface area contributed by atoms with Crippen molar-refractivity contribution in [3.05, 3.63) is 35.9 Å². The molecular weight excluding hydrogens is 162 g/mol. The fourth-order valence-electron chi connectivity index (χ4n) is 1.34. The average molecular weight is 179 g/mol. The molecule has 0 amide bonds. The van der Waals surface area contributed by atoms with Crippen LogP contribution in [-0.2, 0) is 6.42 Å². The molecular formula is C11H17NO. The molecule has 1 aromatic rings. The van der Waals surface area contributed by atoms with Crippen LogP contribution in [0.2, 0.25) is 0 Å². The highest BCUT2D eigenvalue weighted by atomic mass is 16.3. The summed E-state index contributed by atoms with van der Waals surface area (Å²) in [6.07, 6.45) is 2.19. The predicted octanol–water partition coefficient (Wildman–Crippen LogP) is 1.33. The largest absolute Gasteiger partial charge is 0.393 e. The van der Waals surface area contributed by atoms with E-state index in [1.165, 1.54) is 5.56 Å². The van der Waals surface area contributed by atoms with Crippen LogP contribution in [0.15, 0.2) is 30.3 Å². The number of rotatable bonds is 5. The van der Waals surface area contributed by atoms with Gasteiger partial charge in [0, 0.05) is 0 Å². The van der Waals surface area contributed by atoms with Gasteiger partial charge in [-0.2, -0.15) is 0 Å². The van der Waals surface area contributed by atoms with E-state index in [-0.39, 0.29) is 6.10 Å². The van der Waals surface area contributed by atoms with Crippen molar-refractivity contribution in [2.75, 3.05) is 6.54 Å². The third-order valence-electron chi connectivity index (χ3n) is 2.06. The minimum atomic E-state index is -0.244. The first kappa shape index (κ1) is 10.2. The minimum Gasteiger partial charge on any atom is -0.393 e. The van der Waals surface area contributed by atoms with Crippen LogP contribution in [-0.4, -0.2) is 17.8 Å². The molecule has 3 N–H and O–H groups in total. The van der Waals surface area contributed by atoms with E-state index in [0.29, 0.717) is 6.54 Å². The van der Waals surface area contributed by atoms with Crippen molar-refractivity contribution in [3.63, 3.8) is 0 Å². The minimum absolute atomic E-state index is 0.244. The Balaban J connectivity index is 2.32. The molecule has 0 bridgehead atoms. The number of aliphatic hydroxyl groups is 1. The van der Waals surface area contributed by atoms with E-state index < -0.39 is 0 Å². The van der Waals surface area contributed by atoms with Gasteiger partial charge in [-0.1, -0.05) is 30.3 Å². The molecule has 0 saturated heterocycles. The van der Waals surface area contributed by atoms with Crippen LogP contribution in [0.3, 0.4) is 0 Å². The third-order valence-corrected chi connectivity index (χ3v) is 2.06. The Hall–Kier alpha value is -0.860. The maximum absolute atomic E-state index is 9.58. The highest BCUT2D eigenvalue weighted by molar-refractivity contribution is 5.15. The second-order valence-corrected chi connectivity index (χ2v) is 3.27. The Labute approximate surface area is 79.4 Å². The summed E-state index contributed by atoms with van der Waals surface area (Å²) in [5, 5.41) is 9.58. The van der Waals surface area contributed by atoms with Crippen molar-refractivity contribution in [2.45, 2.75) is 25.4 Å². The van der Waals surface area contributed by atoms with Crippen molar-refractivity contribution in [3.8, 4) is 0 Å². The summed E-state index contributed by atoms with van der Waals surface area (Å²) in [7, 11) is 0. The third kappa shape index (κ3) is 4.06. The molecule has 0 heterocycles. The zero-order valence-electron chi connectivity index (χ0n) is 7.82. The van der Waals surface area contributed by atoms with Gasteiger partial charge in [-0.15, -0.1) is 0 Å². The van der Waals surface area contributed by atoms with Gasteiger partial charge in [0.1, 0.15) is 0 Å². The molecule has 0 aromatic heterocycles. The zero-order chi connectivity index (χ0) is 9.52. The summed E-state index contributed by atoms with van der Waals surface area (Å²) in [6, 6.07) is 10.0. The van der Waals surface area contributed by atoms with Gasteiger partial charge in [0.2, 0.25) is 0 Å². The quantitative estimate of drug-likeness (QED) is 0.716. The molecule has 0 aliphatic carbocycles. The van der Waals surface area contributed by atoms with Gasteiger partial charge in [-0.25, -0.2) is 0 Å².